The van der Waals surface area contributed by atoms with Crippen LogP contribution in [0.4, 0.5) is 0 Å². The largest absolute Gasteiger partial charge is 1.00 e. The van der Waals surface area contributed by atoms with E-state index in [0.717, 1.165) is 0 Å². The molecule has 0 aromatic heterocycles. The summed E-state index contributed by atoms with van der Waals surface area (Å²) in [5, 5.41) is 0. The van der Waals surface area contributed by atoms with Gasteiger partial charge in [-0.3, -0.25) is 0 Å². The molecule has 0 saturated carbocycles. The van der Waals surface area contributed by atoms with Crippen molar-refractivity contribution < 1.29 is 102 Å². The number of rotatable bonds is 0. The molecule has 0 saturated heterocycles. The van der Waals surface area contributed by atoms with E-state index in [-0.39, 0.29) is 82.3 Å². The molecule has 0 unspecified atom stereocenters. The maximum atomic E-state index is 8.88. The Hall–Kier alpha value is 2.72. The van der Waals surface area contributed by atoms with E-state index in [9.17, 15) is 0 Å². The van der Waals surface area contributed by atoms with Crippen LogP contribution in [0.15, 0.2) is 0 Å². The molecule has 0 aliphatic carbocycles. The summed E-state index contributed by atoms with van der Waals surface area (Å²) in [5.74, 6) is 0. The van der Waals surface area contributed by atoms with Crippen LogP contribution in [0.5, 0.6) is 0 Å². The molecule has 3 N–H and O–H groups in total. The Kier molecular flexibility index (Phi) is 44.1. The van der Waals surface area contributed by atoms with Gasteiger partial charge in [0.25, 0.3) is 0 Å². The minimum Gasteiger partial charge on any atom is -1.00 e. The van der Waals surface area contributed by atoms with Crippen LogP contribution < -0.4 is 18.9 Å². The van der Waals surface area contributed by atoms with Crippen LogP contribution in [-0.4, -0.2) is 14.7 Å². The standard InChI is InChI=1S/Li.H3O4P.2Ti.V.H/c;1-5(2,3)4;;;;/h;(H3,1,2,3,4);;;;/q+1;;;;;-1. The second-order valence-electron chi connectivity index (χ2n) is 0.513. The molecule has 0 fully saturated rings. The van der Waals surface area contributed by atoms with Crippen LogP contribution in [-0.2, 0) is 66.6 Å². The van der Waals surface area contributed by atoms with Gasteiger partial charge in [-0.1, -0.05) is 0 Å². The quantitative estimate of drug-likeness (QED) is 0.305. The van der Waals surface area contributed by atoms with Gasteiger partial charge >= 0.3 is 26.7 Å². The normalized spacial score (nSPS) is 6.56. The summed E-state index contributed by atoms with van der Waals surface area (Å²) >= 11 is 0. The summed E-state index contributed by atoms with van der Waals surface area (Å²) in [6.07, 6.45) is 0. The molecular formula is H4LiO4PTi2V. The molecule has 0 bridgehead atoms. The summed E-state index contributed by atoms with van der Waals surface area (Å²) in [5.41, 5.74) is 0. The van der Waals surface area contributed by atoms with Crippen molar-refractivity contribution >= 4 is 7.82 Å². The van der Waals surface area contributed by atoms with E-state index < -0.39 is 7.82 Å². The van der Waals surface area contributed by atoms with Crippen molar-refractivity contribution in [3.63, 3.8) is 0 Å². The summed E-state index contributed by atoms with van der Waals surface area (Å²) in [6, 6.07) is 0. The molecule has 0 aromatic carbocycles. The molecule has 0 atom stereocenters. The first kappa shape index (κ1) is 29.8. The molecule has 0 aromatic rings. The molecule has 0 spiro atoms. The average molecular weight is 253 g/mol. The van der Waals surface area contributed by atoms with Crippen LogP contribution in [0.2, 0.25) is 0 Å². The number of hydrogen-bond donors (Lipinski definition) is 3. The van der Waals surface area contributed by atoms with E-state index >= 15 is 0 Å². The molecule has 0 aliphatic heterocycles. The van der Waals surface area contributed by atoms with Crippen molar-refractivity contribution in [1.29, 1.82) is 0 Å². The molecule has 0 aliphatic rings. The third-order valence-corrected chi connectivity index (χ3v) is 0. The summed E-state index contributed by atoms with van der Waals surface area (Å²) in [6.45, 7) is 0. The monoisotopic (exact) mass is 253 g/mol. The molecule has 0 heterocycles. The van der Waals surface area contributed by atoms with Gasteiger partial charge in [0, 0.05) is 62.0 Å². The van der Waals surface area contributed by atoms with Crippen molar-refractivity contribution in [1.82, 2.24) is 0 Å². The Bertz CT molecular complexity index is 69.4. The van der Waals surface area contributed by atoms with Crippen LogP contribution in [0.1, 0.15) is 1.43 Å². The van der Waals surface area contributed by atoms with Gasteiger partial charge in [0.1, 0.15) is 0 Å². The number of phosphoric acid groups is 1. The maximum absolute atomic E-state index is 8.88. The second kappa shape index (κ2) is 13.3. The minimum absolute atomic E-state index is 0. The van der Waals surface area contributed by atoms with E-state index in [1.165, 1.54) is 0 Å². The second-order valence-corrected chi connectivity index (χ2v) is 1.54. The van der Waals surface area contributed by atoms with Crippen LogP contribution in [0, 0.1) is 0 Å². The van der Waals surface area contributed by atoms with E-state index in [4.69, 9.17) is 19.2 Å². The van der Waals surface area contributed by atoms with Gasteiger partial charge < -0.3 is 16.1 Å². The van der Waals surface area contributed by atoms with Gasteiger partial charge in [0.05, 0.1) is 0 Å². The van der Waals surface area contributed by atoms with Crippen LogP contribution in [0.25, 0.3) is 0 Å². The van der Waals surface area contributed by atoms with Gasteiger partial charge in [0.2, 0.25) is 0 Å². The molecule has 4 nitrogen and oxygen atoms in total. The zero-order chi connectivity index (χ0) is 4.50. The van der Waals surface area contributed by atoms with Crippen LogP contribution in [0.3, 0.4) is 0 Å². The van der Waals surface area contributed by atoms with E-state index in [0.29, 0.717) is 0 Å². The Labute approximate surface area is 108 Å². The topological polar surface area (TPSA) is 77.8 Å². The zero-order valence-corrected chi connectivity index (χ0v) is 10.1. The molecule has 1 radical (unpaired) electrons. The third-order valence-electron chi connectivity index (χ3n) is 0. The smallest absolute Gasteiger partial charge is 1.00 e. The Morgan fingerprint density at radius 2 is 1.11 bits per heavy atom. The van der Waals surface area contributed by atoms with E-state index in [2.05, 4.69) is 0 Å². The first-order valence-electron chi connectivity index (χ1n) is 0.783. The van der Waals surface area contributed by atoms with Crippen molar-refractivity contribution in [2.24, 2.45) is 0 Å². The maximum Gasteiger partial charge on any atom is 1.00 e. The van der Waals surface area contributed by atoms with Crippen molar-refractivity contribution in [3.8, 4) is 0 Å². The van der Waals surface area contributed by atoms with Gasteiger partial charge in [-0.05, 0) is 0 Å². The molecule has 9 heteroatoms. The van der Waals surface area contributed by atoms with Crippen molar-refractivity contribution in [2.75, 3.05) is 0 Å². The zero-order valence-electron chi connectivity index (χ0n) is 5.64. The van der Waals surface area contributed by atoms with Crippen LogP contribution >= 0.6 is 7.82 Å². The van der Waals surface area contributed by atoms with Gasteiger partial charge in [-0.25, -0.2) is 4.57 Å². The summed E-state index contributed by atoms with van der Waals surface area (Å²) in [4.78, 5) is 21.6. The fourth-order valence-electron chi connectivity index (χ4n) is 0. The fourth-order valence-corrected chi connectivity index (χ4v) is 0. The van der Waals surface area contributed by atoms with Gasteiger partial charge in [-0.15, -0.1) is 0 Å². The van der Waals surface area contributed by atoms with E-state index in [1.54, 1.807) is 0 Å². The third kappa shape index (κ3) is 110. The van der Waals surface area contributed by atoms with Crippen molar-refractivity contribution in [2.45, 2.75) is 0 Å². The van der Waals surface area contributed by atoms with Crippen molar-refractivity contribution in [3.05, 3.63) is 0 Å². The first-order chi connectivity index (χ1) is 2.00. The summed E-state index contributed by atoms with van der Waals surface area (Å²) in [7, 11) is -4.64. The number of hydrogen-bond acceptors (Lipinski definition) is 1. The Balaban J connectivity index is -0.00000000800. The molecule has 9 heavy (non-hydrogen) atoms. The predicted octanol–water partition coefficient (Wildman–Crippen LogP) is -3.82. The van der Waals surface area contributed by atoms with Gasteiger partial charge in [0.15, 0.2) is 0 Å². The van der Waals surface area contributed by atoms with Gasteiger partial charge in [-0.2, -0.15) is 0 Å². The SMILES string of the molecule is O=P(O)(O)O.[H-].[Li+].[Ti].[Ti].[V]. The molecule has 0 rings (SSSR count). The Morgan fingerprint density at radius 3 is 1.11 bits per heavy atom. The predicted molar refractivity (Wildman–Crippen MR) is 15.4 cm³/mol. The minimum atomic E-state index is -4.64. The molecular weight excluding hydrogens is 249 g/mol. The fraction of sp³-hybridized carbons (Fsp3) is 0. The summed E-state index contributed by atoms with van der Waals surface area (Å²) < 4.78 is 8.88. The average Bonchev–Trinajstić information content (AvgIpc) is 0.722. The molecule has 47 valence electrons. The Morgan fingerprint density at radius 1 is 1.11 bits per heavy atom. The first-order valence-corrected chi connectivity index (χ1v) is 2.35. The van der Waals surface area contributed by atoms with E-state index in [1.807, 2.05) is 0 Å². The molecule has 0 amide bonds.